The predicted octanol–water partition coefficient (Wildman–Crippen LogP) is 5.20. The van der Waals surface area contributed by atoms with Crippen LogP contribution in [0.4, 0.5) is 0 Å². The largest absolute Gasteiger partial charge is 0.698 e. The molecule has 0 bridgehead atoms. The average Bonchev–Trinajstić information content (AvgIpc) is 2.49. The van der Waals surface area contributed by atoms with Crippen molar-refractivity contribution in [2.24, 2.45) is 0 Å². The molecule has 0 saturated heterocycles. The first-order valence-electron chi connectivity index (χ1n) is 6.57. The van der Waals surface area contributed by atoms with E-state index >= 15 is 0 Å². The lowest BCUT2D eigenvalue weighted by atomic mass is 10.1. The first-order valence-corrected chi connectivity index (χ1v) is 7.67. The van der Waals surface area contributed by atoms with Gasteiger partial charge in [0.05, 0.1) is 0 Å². The van der Waals surface area contributed by atoms with E-state index in [1.54, 1.807) is 0 Å². The van der Waals surface area contributed by atoms with E-state index in [4.69, 9.17) is 9.05 Å². The highest BCUT2D eigenvalue weighted by atomic mass is 31.1. The molecule has 0 spiro atoms. The Morgan fingerprint density at radius 2 is 1.10 bits per heavy atom. The monoisotopic (exact) mass is 289 g/mol. The molecule has 0 radical (unpaired) electrons. The van der Waals surface area contributed by atoms with Crippen LogP contribution in [-0.2, 0) is 13.6 Å². The van der Waals surface area contributed by atoms with Gasteiger partial charge in [0, 0.05) is 4.57 Å². The molecule has 104 valence electrons. The molecule has 2 rings (SSSR count). The maximum atomic E-state index is 11.9. The van der Waals surface area contributed by atoms with Crippen molar-refractivity contribution >= 4 is 8.25 Å². The van der Waals surface area contributed by atoms with Gasteiger partial charge < -0.3 is 0 Å². The van der Waals surface area contributed by atoms with Gasteiger partial charge in [0.1, 0.15) is 12.2 Å². The molecule has 4 heteroatoms. The molecule has 3 nitrogen and oxygen atoms in total. The van der Waals surface area contributed by atoms with Gasteiger partial charge in [0.15, 0.2) is 0 Å². The zero-order valence-electron chi connectivity index (χ0n) is 11.6. The van der Waals surface area contributed by atoms with E-state index in [-0.39, 0.29) is 12.2 Å². The van der Waals surface area contributed by atoms with E-state index in [2.05, 4.69) is 0 Å². The van der Waals surface area contributed by atoms with Crippen LogP contribution < -0.4 is 0 Å². The van der Waals surface area contributed by atoms with Crippen LogP contribution in [0.15, 0.2) is 60.7 Å². The molecule has 0 aliphatic carbocycles. The molecule has 0 unspecified atom stereocenters. The van der Waals surface area contributed by atoms with Crippen molar-refractivity contribution in [2.75, 3.05) is 0 Å². The van der Waals surface area contributed by atoms with Crippen LogP contribution >= 0.6 is 8.25 Å². The number of benzene rings is 2. The summed E-state index contributed by atoms with van der Waals surface area (Å²) in [4.78, 5) is 0. The van der Waals surface area contributed by atoms with Crippen molar-refractivity contribution in [3.8, 4) is 0 Å². The maximum Gasteiger partial charge on any atom is 0.698 e. The normalized spacial score (nSPS) is 13.7. The molecule has 2 aromatic carbocycles. The zero-order chi connectivity index (χ0) is 14.4. The Bertz CT molecular complexity index is 493. The number of hydrogen-bond donors (Lipinski definition) is 0. The van der Waals surface area contributed by atoms with Gasteiger partial charge in [-0.2, -0.15) is 0 Å². The van der Waals surface area contributed by atoms with Crippen molar-refractivity contribution in [1.82, 2.24) is 0 Å². The van der Waals surface area contributed by atoms with Gasteiger partial charge in [-0.05, 0) is 25.0 Å². The minimum absolute atomic E-state index is 0.261. The summed E-state index contributed by atoms with van der Waals surface area (Å²) in [7, 11) is -2.16. The molecule has 0 aliphatic heterocycles. The van der Waals surface area contributed by atoms with Crippen molar-refractivity contribution in [1.29, 1.82) is 0 Å². The summed E-state index contributed by atoms with van der Waals surface area (Å²) >= 11 is 0. The molecule has 0 heterocycles. The topological polar surface area (TPSA) is 35.5 Å². The Morgan fingerprint density at radius 1 is 0.750 bits per heavy atom. The molecule has 2 atom stereocenters. The van der Waals surface area contributed by atoms with Gasteiger partial charge in [0.25, 0.3) is 0 Å². The molecule has 0 saturated carbocycles. The Hall–Kier alpha value is -1.54. The van der Waals surface area contributed by atoms with Crippen LogP contribution in [0.5, 0.6) is 0 Å². The van der Waals surface area contributed by atoms with E-state index in [0.717, 1.165) is 11.1 Å². The molecule has 0 fully saturated rings. The second-order valence-corrected chi connectivity index (χ2v) is 5.41. The first-order chi connectivity index (χ1) is 9.66. The van der Waals surface area contributed by atoms with E-state index in [9.17, 15) is 4.57 Å². The van der Waals surface area contributed by atoms with E-state index in [0.29, 0.717) is 0 Å². The van der Waals surface area contributed by atoms with Crippen LogP contribution in [-0.4, -0.2) is 0 Å². The van der Waals surface area contributed by atoms with Gasteiger partial charge in [-0.1, -0.05) is 60.7 Å². The molecule has 0 N–H and O–H groups in total. The van der Waals surface area contributed by atoms with Crippen LogP contribution in [0.1, 0.15) is 37.2 Å². The molecule has 20 heavy (non-hydrogen) atoms. The second-order valence-electron chi connectivity index (χ2n) is 4.54. The Kier molecular flexibility index (Phi) is 5.42. The minimum atomic E-state index is -2.16. The highest BCUT2D eigenvalue weighted by Crippen LogP contribution is 2.37. The van der Waals surface area contributed by atoms with E-state index < -0.39 is 8.25 Å². The van der Waals surface area contributed by atoms with Gasteiger partial charge in [0.2, 0.25) is 0 Å². The van der Waals surface area contributed by atoms with Crippen molar-refractivity contribution in [2.45, 2.75) is 26.1 Å². The third-order valence-electron chi connectivity index (χ3n) is 3.03. The highest BCUT2D eigenvalue weighted by molar-refractivity contribution is 7.33. The molecule has 0 aromatic heterocycles. The van der Waals surface area contributed by atoms with Crippen LogP contribution in [0.25, 0.3) is 0 Å². The molecular weight excluding hydrogens is 271 g/mol. The summed E-state index contributed by atoms with van der Waals surface area (Å²) < 4.78 is 22.7. The zero-order valence-corrected chi connectivity index (χ0v) is 12.5. The predicted molar refractivity (Wildman–Crippen MR) is 79.5 cm³/mol. The summed E-state index contributed by atoms with van der Waals surface area (Å²) in [6.45, 7) is 3.72. The Balaban J connectivity index is 1.90. The molecular formula is C16H18O3P+. The highest BCUT2D eigenvalue weighted by Gasteiger charge is 2.29. The van der Waals surface area contributed by atoms with Crippen molar-refractivity contribution < 1.29 is 13.6 Å². The maximum absolute atomic E-state index is 11.9. The van der Waals surface area contributed by atoms with Gasteiger partial charge in [-0.15, -0.1) is 9.05 Å². The summed E-state index contributed by atoms with van der Waals surface area (Å²) in [5.74, 6) is 0. The van der Waals surface area contributed by atoms with Crippen molar-refractivity contribution in [3.05, 3.63) is 71.8 Å². The minimum Gasteiger partial charge on any atom is -0.111 e. The summed E-state index contributed by atoms with van der Waals surface area (Å²) in [6, 6.07) is 19.3. The fourth-order valence-electron chi connectivity index (χ4n) is 1.85. The summed E-state index contributed by atoms with van der Waals surface area (Å²) in [5, 5.41) is 0. The first kappa shape index (κ1) is 14.9. The van der Waals surface area contributed by atoms with Crippen LogP contribution in [0, 0.1) is 0 Å². The van der Waals surface area contributed by atoms with Gasteiger partial charge in [-0.3, -0.25) is 0 Å². The Labute approximate surface area is 120 Å². The lowest BCUT2D eigenvalue weighted by Gasteiger charge is -2.07. The summed E-state index contributed by atoms with van der Waals surface area (Å²) in [5.41, 5.74) is 1.96. The van der Waals surface area contributed by atoms with Crippen LogP contribution in [0.3, 0.4) is 0 Å². The van der Waals surface area contributed by atoms with Crippen molar-refractivity contribution in [3.63, 3.8) is 0 Å². The number of hydrogen-bond acceptors (Lipinski definition) is 3. The fraction of sp³-hybridized carbons (Fsp3) is 0.250. The molecule has 2 aromatic rings. The Morgan fingerprint density at radius 3 is 1.45 bits per heavy atom. The lowest BCUT2D eigenvalue weighted by molar-refractivity contribution is 0.146. The third kappa shape index (κ3) is 4.24. The van der Waals surface area contributed by atoms with Gasteiger partial charge in [-0.25, -0.2) is 0 Å². The second kappa shape index (κ2) is 7.30. The smallest absolute Gasteiger partial charge is 0.111 e. The quantitative estimate of drug-likeness (QED) is 0.686. The lowest BCUT2D eigenvalue weighted by Crippen LogP contribution is -1.98. The third-order valence-corrected chi connectivity index (χ3v) is 4.00. The number of rotatable bonds is 6. The van der Waals surface area contributed by atoms with Gasteiger partial charge >= 0.3 is 8.25 Å². The van der Waals surface area contributed by atoms with E-state index in [1.165, 1.54) is 0 Å². The SMILES string of the molecule is C[C@H](O[P+](=O)O[C@@H](C)c1ccccc1)c1ccccc1. The summed E-state index contributed by atoms with van der Waals surface area (Å²) in [6.07, 6.45) is -0.523. The molecule has 0 amide bonds. The van der Waals surface area contributed by atoms with E-state index in [1.807, 2.05) is 74.5 Å². The standard InChI is InChI=1S/C16H18O3P/c1-13(15-9-5-3-6-10-15)18-20(17)19-14(2)16-11-7-4-8-12-16/h3-14H,1-2H3/q+1/t13-,14-/m0/s1. The average molecular weight is 289 g/mol. The van der Waals surface area contributed by atoms with Crippen LogP contribution in [0.2, 0.25) is 0 Å². The molecule has 0 aliphatic rings. The fourth-order valence-corrected chi connectivity index (χ4v) is 2.66.